The lowest BCUT2D eigenvalue weighted by Gasteiger charge is -2.26. The van der Waals surface area contributed by atoms with Crippen molar-refractivity contribution in [3.63, 3.8) is 0 Å². The zero-order chi connectivity index (χ0) is 19.7. The van der Waals surface area contributed by atoms with Crippen LogP contribution < -0.4 is 0 Å². The van der Waals surface area contributed by atoms with Crippen LogP contribution in [0, 0.1) is 0 Å². The van der Waals surface area contributed by atoms with Crippen LogP contribution >= 0.6 is 11.6 Å². The summed E-state index contributed by atoms with van der Waals surface area (Å²) in [5.41, 5.74) is 8.68. The van der Waals surface area contributed by atoms with Gasteiger partial charge in [0.1, 0.15) is 5.75 Å². The van der Waals surface area contributed by atoms with Gasteiger partial charge in [-0.2, -0.15) is 0 Å². The largest absolute Gasteiger partial charge is 0.508 e. The van der Waals surface area contributed by atoms with Gasteiger partial charge in [-0.15, -0.1) is 0 Å². The van der Waals surface area contributed by atoms with Crippen molar-refractivity contribution in [1.29, 1.82) is 0 Å². The Hall–Kier alpha value is -2.55. The molecule has 0 saturated heterocycles. The van der Waals surface area contributed by atoms with Crippen molar-refractivity contribution in [2.24, 2.45) is 0 Å². The van der Waals surface area contributed by atoms with Gasteiger partial charge in [0.05, 0.1) is 0 Å². The molecule has 3 aromatic carbocycles. The average Bonchev–Trinajstić information content (AvgIpc) is 2.67. The highest BCUT2D eigenvalue weighted by Crippen LogP contribution is 2.39. The number of phenolic OH excluding ortho intramolecular Hbond substituents is 1. The van der Waals surface area contributed by atoms with Gasteiger partial charge in [-0.05, 0) is 90.2 Å². The SMILES string of the molecule is CN(C)CC1=C(c2cccc(O)c2)c2ccc(-c3cccc(Cl)c3)cc2CC1. The van der Waals surface area contributed by atoms with Crippen molar-refractivity contribution in [2.75, 3.05) is 20.6 Å². The monoisotopic (exact) mass is 389 g/mol. The summed E-state index contributed by atoms with van der Waals surface area (Å²) >= 11 is 6.19. The molecule has 0 unspecified atom stereocenters. The molecule has 0 spiro atoms. The number of nitrogens with zero attached hydrogens (tertiary/aromatic N) is 1. The average molecular weight is 390 g/mol. The first-order valence-electron chi connectivity index (χ1n) is 9.56. The number of rotatable bonds is 4. The second-order valence-electron chi connectivity index (χ2n) is 7.65. The second-order valence-corrected chi connectivity index (χ2v) is 8.09. The van der Waals surface area contributed by atoms with E-state index < -0.39 is 0 Å². The highest BCUT2D eigenvalue weighted by Gasteiger charge is 2.21. The summed E-state index contributed by atoms with van der Waals surface area (Å²) in [5.74, 6) is 0.303. The maximum Gasteiger partial charge on any atom is 0.116 e. The van der Waals surface area contributed by atoms with E-state index in [1.165, 1.54) is 27.8 Å². The molecule has 0 radical (unpaired) electrons. The van der Waals surface area contributed by atoms with Crippen LogP contribution in [0.25, 0.3) is 16.7 Å². The Morgan fingerprint density at radius 2 is 1.61 bits per heavy atom. The molecule has 1 aliphatic carbocycles. The van der Waals surface area contributed by atoms with E-state index in [2.05, 4.69) is 49.3 Å². The fourth-order valence-corrected chi connectivity index (χ4v) is 4.24. The van der Waals surface area contributed by atoms with E-state index in [9.17, 15) is 5.11 Å². The van der Waals surface area contributed by atoms with Gasteiger partial charge in [-0.25, -0.2) is 0 Å². The van der Waals surface area contributed by atoms with E-state index in [0.717, 1.165) is 35.5 Å². The summed E-state index contributed by atoms with van der Waals surface area (Å²) in [6.07, 6.45) is 2.05. The molecule has 1 N–H and O–H groups in total. The van der Waals surface area contributed by atoms with Gasteiger partial charge in [-0.1, -0.05) is 54.1 Å². The van der Waals surface area contributed by atoms with Crippen LogP contribution in [0.4, 0.5) is 0 Å². The van der Waals surface area contributed by atoms with Crippen molar-refractivity contribution in [2.45, 2.75) is 12.8 Å². The predicted molar refractivity (Wildman–Crippen MR) is 118 cm³/mol. The number of benzene rings is 3. The van der Waals surface area contributed by atoms with E-state index in [1.807, 2.05) is 30.3 Å². The summed E-state index contributed by atoms with van der Waals surface area (Å²) in [7, 11) is 4.20. The molecule has 0 saturated carbocycles. The molecule has 3 aromatic rings. The van der Waals surface area contributed by atoms with Crippen molar-refractivity contribution in [1.82, 2.24) is 4.90 Å². The molecule has 0 amide bonds. The molecule has 0 bridgehead atoms. The molecule has 1 aliphatic rings. The molecule has 4 rings (SSSR count). The maximum atomic E-state index is 10.0. The van der Waals surface area contributed by atoms with Crippen LogP contribution in [0.15, 0.2) is 72.3 Å². The van der Waals surface area contributed by atoms with Crippen LogP contribution in [0.2, 0.25) is 5.02 Å². The highest BCUT2D eigenvalue weighted by molar-refractivity contribution is 6.30. The minimum Gasteiger partial charge on any atom is -0.508 e. The van der Waals surface area contributed by atoms with Crippen molar-refractivity contribution in [3.05, 3.63) is 94.0 Å². The standard InChI is InChI=1S/C25H24ClNO/c1-27(2)16-21-10-9-19-13-18(17-5-3-7-22(26)14-17)11-12-24(19)25(21)20-6-4-8-23(28)15-20/h3-8,11-15,28H,9-10,16H2,1-2H3. The van der Waals surface area contributed by atoms with E-state index in [4.69, 9.17) is 11.6 Å². The minimum atomic E-state index is 0.303. The first-order valence-corrected chi connectivity index (χ1v) is 9.94. The van der Waals surface area contributed by atoms with Gasteiger partial charge in [-0.3, -0.25) is 0 Å². The maximum absolute atomic E-state index is 10.0. The molecular weight excluding hydrogens is 366 g/mol. The molecule has 142 valence electrons. The van der Waals surface area contributed by atoms with Gasteiger partial charge in [0.2, 0.25) is 0 Å². The first kappa shape index (κ1) is 18.8. The lowest BCUT2D eigenvalue weighted by Crippen LogP contribution is -2.19. The van der Waals surface area contributed by atoms with Crippen LogP contribution in [-0.4, -0.2) is 30.6 Å². The van der Waals surface area contributed by atoms with Gasteiger partial charge in [0.25, 0.3) is 0 Å². The van der Waals surface area contributed by atoms with Gasteiger partial charge in [0, 0.05) is 11.6 Å². The van der Waals surface area contributed by atoms with Gasteiger partial charge >= 0.3 is 0 Å². The zero-order valence-corrected chi connectivity index (χ0v) is 17.0. The molecule has 0 aliphatic heterocycles. The minimum absolute atomic E-state index is 0.303. The number of likely N-dealkylation sites (N-methyl/N-ethyl adjacent to an activating group) is 1. The number of aryl methyl sites for hydroxylation is 1. The van der Waals surface area contributed by atoms with E-state index in [0.29, 0.717) is 5.75 Å². The van der Waals surface area contributed by atoms with Gasteiger partial charge < -0.3 is 10.0 Å². The van der Waals surface area contributed by atoms with Crippen LogP contribution in [-0.2, 0) is 6.42 Å². The Labute approximate surface area is 171 Å². The number of hydrogen-bond donors (Lipinski definition) is 1. The number of phenols is 1. The molecule has 0 heterocycles. The number of fused-ring (bicyclic) bond motifs is 1. The number of aromatic hydroxyl groups is 1. The summed E-state index contributed by atoms with van der Waals surface area (Å²) in [5, 5.41) is 10.8. The van der Waals surface area contributed by atoms with Crippen LogP contribution in [0.3, 0.4) is 0 Å². The fourth-order valence-electron chi connectivity index (χ4n) is 4.05. The lowest BCUT2D eigenvalue weighted by molar-refractivity contribution is 0.439. The lowest BCUT2D eigenvalue weighted by atomic mass is 9.81. The van der Waals surface area contributed by atoms with Crippen molar-refractivity contribution < 1.29 is 5.11 Å². The molecular formula is C25H24ClNO. The highest BCUT2D eigenvalue weighted by atomic mass is 35.5. The summed E-state index contributed by atoms with van der Waals surface area (Å²) in [4.78, 5) is 2.21. The molecule has 0 aromatic heterocycles. The quantitative estimate of drug-likeness (QED) is 0.589. The van der Waals surface area contributed by atoms with Crippen molar-refractivity contribution >= 4 is 17.2 Å². The third kappa shape index (κ3) is 3.84. The van der Waals surface area contributed by atoms with Crippen LogP contribution in [0.1, 0.15) is 23.1 Å². The Kier molecular flexibility index (Phi) is 5.25. The summed E-state index contributed by atoms with van der Waals surface area (Å²) in [6, 6.07) is 22.3. The molecule has 0 fully saturated rings. The van der Waals surface area contributed by atoms with E-state index >= 15 is 0 Å². The van der Waals surface area contributed by atoms with E-state index in [1.54, 1.807) is 6.07 Å². The Morgan fingerprint density at radius 3 is 2.36 bits per heavy atom. The Morgan fingerprint density at radius 1 is 0.857 bits per heavy atom. The van der Waals surface area contributed by atoms with E-state index in [-0.39, 0.29) is 0 Å². The molecule has 0 atom stereocenters. The topological polar surface area (TPSA) is 23.5 Å². The summed E-state index contributed by atoms with van der Waals surface area (Å²) < 4.78 is 0. The number of halogens is 1. The summed E-state index contributed by atoms with van der Waals surface area (Å²) in [6.45, 7) is 0.917. The molecule has 2 nitrogen and oxygen atoms in total. The third-order valence-electron chi connectivity index (χ3n) is 5.22. The number of hydrogen-bond acceptors (Lipinski definition) is 2. The van der Waals surface area contributed by atoms with Crippen LogP contribution in [0.5, 0.6) is 5.75 Å². The molecule has 3 heteroatoms. The zero-order valence-electron chi connectivity index (χ0n) is 16.2. The predicted octanol–water partition coefficient (Wildman–Crippen LogP) is 6.02. The first-order chi connectivity index (χ1) is 13.5. The molecule has 28 heavy (non-hydrogen) atoms. The second kappa shape index (κ2) is 7.83. The Bertz CT molecular complexity index is 1050. The fraction of sp³-hybridized carbons (Fsp3) is 0.200. The van der Waals surface area contributed by atoms with Crippen molar-refractivity contribution in [3.8, 4) is 16.9 Å². The Balaban J connectivity index is 1.84. The third-order valence-corrected chi connectivity index (χ3v) is 5.46. The smallest absolute Gasteiger partial charge is 0.116 e. The van der Waals surface area contributed by atoms with Gasteiger partial charge in [0.15, 0.2) is 0 Å². The normalized spacial score (nSPS) is 13.7.